The van der Waals surface area contributed by atoms with Crippen LogP contribution in [0.4, 0.5) is 5.82 Å². The summed E-state index contributed by atoms with van der Waals surface area (Å²) in [5, 5.41) is 0.466. The molecule has 20 heavy (non-hydrogen) atoms. The molecule has 1 aliphatic rings. The van der Waals surface area contributed by atoms with Crippen LogP contribution in [0.2, 0.25) is 0 Å². The maximum Gasteiger partial charge on any atom is 0.256 e. The summed E-state index contributed by atoms with van der Waals surface area (Å²) in [7, 11) is 0. The third-order valence-electron chi connectivity index (χ3n) is 3.55. The summed E-state index contributed by atoms with van der Waals surface area (Å²) < 4.78 is 5.35. The van der Waals surface area contributed by atoms with Crippen molar-refractivity contribution in [2.45, 2.75) is 6.92 Å². The fraction of sp³-hybridized carbons (Fsp3) is 0.333. The number of carbonyl (C=O) groups excluding carboxylic acids is 1. The van der Waals surface area contributed by atoms with E-state index in [1.807, 2.05) is 31.2 Å². The van der Waals surface area contributed by atoms with Crippen LogP contribution in [-0.2, 0) is 4.74 Å². The number of pyridine rings is 1. The second-order valence-electron chi connectivity index (χ2n) is 4.88. The van der Waals surface area contributed by atoms with Gasteiger partial charge in [0.15, 0.2) is 0 Å². The fourth-order valence-corrected chi connectivity index (χ4v) is 2.64. The van der Waals surface area contributed by atoms with Crippen molar-refractivity contribution in [2.75, 3.05) is 31.2 Å². The van der Waals surface area contributed by atoms with Crippen LogP contribution >= 0.6 is 11.6 Å². The number of aryl methyl sites for hydroxylation is 1. The number of morpholine rings is 1. The lowest BCUT2D eigenvalue weighted by Crippen LogP contribution is -2.37. The van der Waals surface area contributed by atoms with Gasteiger partial charge < -0.3 is 9.64 Å². The first-order valence-corrected chi connectivity index (χ1v) is 6.97. The first kappa shape index (κ1) is 13.3. The third-order valence-corrected chi connectivity index (χ3v) is 3.75. The van der Waals surface area contributed by atoms with E-state index in [0.29, 0.717) is 24.6 Å². The quantitative estimate of drug-likeness (QED) is 0.798. The molecule has 1 aromatic heterocycles. The Hall–Kier alpha value is -1.65. The molecule has 1 aromatic carbocycles. The maximum absolute atomic E-state index is 11.7. The van der Waals surface area contributed by atoms with Crippen LogP contribution in [0.15, 0.2) is 24.3 Å². The molecule has 0 bridgehead atoms. The van der Waals surface area contributed by atoms with Crippen LogP contribution < -0.4 is 4.90 Å². The van der Waals surface area contributed by atoms with E-state index < -0.39 is 5.24 Å². The van der Waals surface area contributed by atoms with E-state index in [9.17, 15) is 4.79 Å². The van der Waals surface area contributed by atoms with Crippen molar-refractivity contribution >= 4 is 33.6 Å². The molecule has 1 saturated heterocycles. The lowest BCUT2D eigenvalue weighted by molar-refractivity contribution is 0.107. The third kappa shape index (κ3) is 2.37. The first-order valence-electron chi connectivity index (χ1n) is 6.60. The lowest BCUT2D eigenvalue weighted by atomic mass is 10.1. The fourth-order valence-electron chi connectivity index (χ4n) is 2.50. The van der Waals surface area contributed by atoms with Gasteiger partial charge in [-0.3, -0.25) is 4.79 Å². The largest absolute Gasteiger partial charge is 0.378 e. The number of nitrogens with zero attached hydrogens (tertiary/aromatic N) is 2. The number of benzene rings is 1. The lowest BCUT2D eigenvalue weighted by Gasteiger charge is -2.29. The number of hydrogen-bond donors (Lipinski definition) is 0. The summed E-state index contributed by atoms with van der Waals surface area (Å²) >= 11 is 5.73. The molecule has 3 rings (SSSR count). The zero-order chi connectivity index (χ0) is 14.1. The topological polar surface area (TPSA) is 42.4 Å². The predicted octanol–water partition coefficient (Wildman–Crippen LogP) is 2.76. The average molecular weight is 291 g/mol. The van der Waals surface area contributed by atoms with Gasteiger partial charge in [0.1, 0.15) is 5.82 Å². The van der Waals surface area contributed by atoms with Gasteiger partial charge in [0, 0.05) is 18.5 Å². The molecule has 1 fully saturated rings. The Kier molecular flexibility index (Phi) is 3.59. The van der Waals surface area contributed by atoms with Crippen LogP contribution in [0, 0.1) is 6.92 Å². The smallest absolute Gasteiger partial charge is 0.256 e. The Morgan fingerprint density at radius 3 is 2.80 bits per heavy atom. The number of aromatic nitrogens is 1. The van der Waals surface area contributed by atoms with E-state index in [1.165, 1.54) is 0 Å². The SMILES string of the molecule is Cc1cccc2cc(C(=O)Cl)c(N3CCOCC3)nc12. The van der Waals surface area contributed by atoms with E-state index in [2.05, 4.69) is 9.88 Å². The highest BCUT2D eigenvalue weighted by Gasteiger charge is 2.20. The van der Waals surface area contributed by atoms with Crippen molar-refractivity contribution in [1.29, 1.82) is 0 Å². The van der Waals surface area contributed by atoms with E-state index in [1.54, 1.807) is 0 Å². The number of rotatable bonds is 2. The summed E-state index contributed by atoms with van der Waals surface area (Å²) in [6.07, 6.45) is 0. The standard InChI is InChI=1S/C15H15ClN2O2/c1-10-3-2-4-11-9-12(14(16)19)15(17-13(10)11)18-5-7-20-8-6-18/h2-4,9H,5-8H2,1H3. The number of ether oxygens (including phenoxy) is 1. The molecule has 0 unspecified atom stereocenters. The van der Waals surface area contributed by atoms with E-state index >= 15 is 0 Å². The Morgan fingerprint density at radius 2 is 2.10 bits per heavy atom. The highest BCUT2D eigenvalue weighted by molar-refractivity contribution is 6.68. The zero-order valence-corrected chi connectivity index (χ0v) is 12.0. The maximum atomic E-state index is 11.7. The van der Waals surface area contributed by atoms with Crippen molar-refractivity contribution in [3.63, 3.8) is 0 Å². The van der Waals surface area contributed by atoms with Crippen molar-refractivity contribution in [3.05, 3.63) is 35.4 Å². The summed E-state index contributed by atoms with van der Waals surface area (Å²) in [6, 6.07) is 7.74. The molecule has 0 spiro atoms. The van der Waals surface area contributed by atoms with Crippen molar-refractivity contribution in [1.82, 2.24) is 4.98 Å². The second kappa shape index (κ2) is 5.38. The van der Waals surface area contributed by atoms with Crippen LogP contribution in [0.1, 0.15) is 15.9 Å². The van der Waals surface area contributed by atoms with Crippen LogP contribution in [0.25, 0.3) is 10.9 Å². The van der Waals surface area contributed by atoms with E-state index in [4.69, 9.17) is 16.3 Å². The summed E-state index contributed by atoms with van der Waals surface area (Å²) in [5.41, 5.74) is 2.47. The normalized spacial score (nSPS) is 15.6. The van der Waals surface area contributed by atoms with Gasteiger partial charge in [-0.25, -0.2) is 4.98 Å². The molecule has 104 valence electrons. The van der Waals surface area contributed by atoms with Crippen LogP contribution in [0.5, 0.6) is 0 Å². The molecule has 0 N–H and O–H groups in total. The number of hydrogen-bond acceptors (Lipinski definition) is 4. The van der Waals surface area contributed by atoms with Crippen molar-refractivity contribution < 1.29 is 9.53 Å². The molecular weight excluding hydrogens is 276 g/mol. The first-order chi connectivity index (χ1) is 9.66. The minimum Gasteiger partial charge on any atom is -0.378 e. The van der Waals surface area contributed by atoms with Gasteiger partial charge in [-0.2, -0.15) is 0 Å². The van der Waals surface area contributed by atoms with Gasteiger partial charge in [-0.1, -0.05) is 18.2 Å². The van der Waals surface area contributed by atoms with Crippen LogP contribution in [-0.4, -0.2) is 36.5 Å². The number of fused-ring (bicyclic) bond motifs is 1. The summed E-state index contributed by atoms with van der Waals surface area (Å²) in [6.45, 7) is 4.75. The monoisotopic (exact) mass is 290 g/mol. The van der Waals surface area contributed by atoms with Crippen LogP contribution in [0.3, 0.4) is 0 Å². The molecule has 1 aliphatic heterocycles. The molecule has 2 heterocycles. The Balaban J connectivity index is 2.19. The second-order valence-corrected chi connectivity index (χ2v) is 5.22. The number of halogens is 1. The summed E-state index contributed by atoms with van der Waals surface area (Å²) in [4.78, 5) is 18.5. The molecule has 5 heteroatoms. The van der Waals surface area contributed by atoms with Crippen molar-refractivity contribution in [3.8, 4) is 0 Å². The van der Waals surface area contributed by atoms with Crippen molar-refractivity contribution in [2.24, 2.45) is 0 Å². The van der Waals surface area contributed by atoms with E-state index in [-0.39, 0.29) is 0 Å². The number of carbonyl (C=O) groups is 1. The van der Waals surface area contributed by atoms with E-state index in [0.717, 1.165) is 29.6 Å². The Labute approximate surface area is 122 Å². The Morgan fingerprint density at radius 1 is 1.35 bits per heavy atom. The molecule has 0 radical (unpaired) electrons. The highest BCUT2D eigenvalue weighted by Crippen LogP contribution is 2.27. The average Bonchev–Trinajstić information content (AvgIpc) is 2.47. The number of anilines is 1. The minimum absolute atomic E-state index is 0.465. The van der Waals surface area contributed by atoms with Gasteiger partial charge >= 0.3 is 0 Å². The molecule has 2 aromatic rings. The van der Waals surface area contributed by atoms with Gasteiger partial charge in [-0.05, 0) is 30.2 Å². The summed E-state index contributed by atoms with van der Waals surface area (Å²) in [5.74, 6) is 0.662. The van der Waals surface area contributed by atoms with Gasteiger partial charge in [0.05, 0.1) is 24.3 Å². The predicted molar refractivity (Wildman–Crippen MR) is 79.7 cm³/mol. The molecule has 0 saturated carbocycles. The zero-order valence-electron chi connectivity index (χ0n) is 11.2. The molecule has 4 nitrogen and oxygen atoms in total. The number of para-hydroxylation sites is 1. The van der Waals surface area contributed by atoms with Gasteiger partial charge in [-0.15, -0.1) is 0 Å². The highest BCUT2D eigenvalue weighted by atomic mass is 35.5. The van der Waals surface area contributed by atoms with Gasteiger partial charge in [0.25, 0.3) is 5.24 Å². The minimum atomic E-state index is -0.470. The molecule has 0 atom stereocenters. The Bertz CT molecular complexity index is 666. The van der Waals surface area contributed by atoms with Gasteiger partial charge in [0.2, 0.25) is 0 Å². The molecule has 0 aliphatic carbocycles. The molecule has 0 amide bonds. The molecular formula is C15H15ClN2O2.